The zero-order valence-electron chi connectivity index (χ0n) is 16.3. The number of aryl methyl sites for hydroxylation is 1. The number of para-hydroxylation sites is 1. The molecular formula is C21H25NO6. The van der Waals surface area contributed by atoms with Gasteiger partial charge in [-0.1, -0.05) is 18.2 Å². The number of esters is 1. The van der Waals surface area contributed by atoms with Crippen LogP contribution in [-0.4, -0.2) is 39.3 Å². The van der Waals surface area contributed by atoms with E-state index in [0.29, 0.717) is 30.2 Å². The Labute approximate surface area is 164 Å². The fourth-order valence-electron chi connectivity index (χ4n) is 2.57. The number of hydrogen-bond donors (Lipinski definition) is 1. The second kappa shape index (κ2) is 10.8. The highest BCUT2D eigenvalue weighted by atomic mass is 16.5. The third-order valence-electron chi connectivity index (χ3n) is 3.90. The van der Waals surface area contributed by atoms with Crippen LogP contribution < -0.4 is 19.5 Å². The molecule has 7 nitrogen and oxygen atoms in total. The van der Waals surface area contributed by atoms with Gasteiger partial charge in [-0.05, 0) is 37.1 Å². The number of benzene rings is 2. The molecule has 7 heteroatoms. The van der Waals surface area contributed by atoms with Crippen molar-refractivity contribution in [3.05, 3.63) is 48.0 Å². The van der Waals surface area contributed by atoms with Gasteiger partial charge in [0.2, 0.25) is 0 Å². The number of carbonyl (C=O) groups is 2. The van der Waals surface area contributed by atoms with E-state index in [-0.39, 0.29) is 13.0 Å². The molecule has 0 saturated carbocycles. The number of nitrogens with one attached hydrogen (secondary N) is 1. The second-order valence-corrected chi connectivity index (χ2v) is 5.82. The minimum absolute atomic E-state index is 0.160. The maximum absolute atomic E-state index is 12.0. The molecule has 2 aromatic rings. The number of carbonyl (C=O) groups excluding carboxylic acids is 2. The Balaban J connectivity index is 1.80. The molecule has 0 aromatic heterocycles. The summed E-state index contributed by atoms with van der Waals surface area (Å²) >= 11 is 0. The van der Waals surface area contributed by atoms with Crippen molar-refractivity contribution in [2.75, 3.05) is 32.8 Å². The third-order valence-corrected chi connectivity index (χ3v) is 3.90. The van der Waals surface area contributed by atoms with Crippen molar-refractivity contribution >= 4 is 17.6 Å². The largest absolute Gasteiger partial charge is 0.494 e. The van der Waals surface area contributed by atoms with Gasteiger partial charge in [0.25, 0.3) is 5.91 Å². The highest BCUT2D eigenvalue weighted by Crippen LogP contribution is 2.29. The fraction of sp³-hybridized carbons (Fsp3) is 0.333. The van der Waals surface area contributed by atoms with Gasteiger partial charge in [-0.3, -0.25) is 9.59 Å². The molecule has 150 valence electrons. The maximum atomic E-state index is 12.0. The lowest BCUT2D eigenvalue weighted by Crippen LogP contribution is -2.21. The molecule has 0 unspecified atom stereocenters. The molecule has 0 heterocycles. The lowest BCUT2D eigenvalue weighted by atomic mass is 10.1. The molecule has 28 heavy (non-hydrogen) atoms. The highest BCUT2D eigenvalue weighted by Gasteiger charge is 2.11. The highest BCUT2D eigenvalue weighted by molar-refractivity contribution is 5.93. The first-order valence-electron chi connectivity index (χ1n) is 8.95. The van der Waals surface area contributed by atoms with E-state index in [1.807, 2.05) is 31.2 Å². The number of anilines is 1. The Morgan fingerprint density at radius 3 is 2.43 bits per heavy atom. The van der Waals surface area contributed by atoms with Gasteiger partial charge < -0.3 is 24.3 Å². The summed E-state index contributed by atoms with van der Waals surface area (Å²) < 4.78 is 20.9. The first-order chi connectivity index (χ1) is 13.6. The fourth-order valence-corrected chi connectivity index (χ4v) is 2.57. The summed E-state index contributed by atoms with van der Waals surface area (Å²) in [5.41, 5.74) is 1.44. The van der Waals surface area contributed by atoms with E-state index in [0.717, 1.165) is 11.3 Å². The van der Waals surface area contributed by atoms with Gasteiger partial charge in [0.15, 0.2) is 18.1 Å². The molecule has 0 aliphatic heterocycles. The molecule has 0 fully saturated rings. The van der Waals surface area contributed by atoms with Crippen LogP contribution in [0.4, 0.5) is 5.69 Å². The van der Waals surface area contributed by atoms with Crippen LogP contribution in [-0.2, 0) is 20.7 Å². The summed E-state index contributed by atoms with van der Waals surface area (Å²) in [6.45, 7) is 2.10. The Bertz CT molecular complexity index is 805. The van der Waals surface area contributed by atoms with Crippen molar-refractivity contribution in [1.29, 1.82) is 0 Å². The molecule has 2 aromatic carbocycles. The lowest BCUT2D eigenvalue weighted by molar-refractivity contribution is -0.147. The molecule has 0 atom stereocenters. The number of hydrogen-bond acceptors (Lipinski definition) is 6. The van der Waals surface area contributed by atoms with Gasteiger partial charge >= 0.3 is 5.97 Å². The first kappa shape index (κ1) is 21.1. The van der Waals surface area contributed by atoms with Crippen molar-refractivity contribution in [1.82, 2.24) is 0 Å². The summed E-state index contributed by atoms with van der Waals surface area (Å²) in [4.78, 5) is 24.0. The molecule has 2 rings (SSSR count). The van der Waals surface area contributed by atoms with E-state index < -0.39 is 11.9 Å². The van der Waals surface area contributed by atoms with E-state index >= 15 is 0 Å². The van der Waals surface area contributed by atoms with E-state index in [1.165, 1.54) is 14.2 Å². The maximum Gasteiger partial charge on any atom is 0.306 e. The molecule has 0 aliphatic rings. The average molecular weight is 387 g/mol. The van der Waals surface area contributed by atoms with E-state index in [1.54, 1.807) is 18.2 Å². The van der Waals surface area contributed by atoms with Crippen LogP contribution in [0.1, 0.15) is 18.9 Å². The van der Waals surface area contributed by atoms with Crippen molar-refractivity contribution in [3.8, 4) is 17.2 Å². The van der Waals surface area contributed by atoms with Crippen molar-refractivity contribution in [3.63, 3.8) is 0 Å². The van der Waals surface area contributed by atoms with Crippen molar-refractivity contribution in [2.45, 2.75) is 19.8 Å². The SMILES string of the molecule is CCOc1ccccc1CCC(=O)OCC(=O)Nc1ccc(OC)c(OC)c1. The van der Waals surface area contributed by atoms with Gasteiger partial charge in [0.1, 0.15) is 5.75 Å². The van der Waals surface area contributed by atoms with E-state index in [4.69, 9.17) is 18.9 Å². The predicted molar refractivity (Wildman–Crippen MR) is 105 cm³/mol. The summed E-state index contributed by atoms with van der Waals surface area (Å²) in [6.07, 6.45) is 0.639. The number of amides is 1. The zero-order valence-corrected chi connectivity index (χ0v) is 16.3. The molecule has 0 radical (unpaired) electrons. The van der Waals surface area contributed by atoms with Crippen molar-refractivity contribution in [2.24, 2.45) is 0 Å². The van der Waals surface area contributed by atoms with E-state index in [2.05, 4.69) is 5.32 Å². The normalized spacial score (nSPS) is 10.1. The summed E-state index contributed by atoms with van der Waals surface area (Å²) in [5, 5.41) is 2.65. The average Bonchev–Trinajstić information content (AvgIpc) is 2.71. The molecule has 0 aliphatic carbocycles. The molecule has 1 amide bonds. The van der Waals surface area contributed by atoms with Crippen LogP contribution in [0.15, 0.2) is 42.5 Å². The second-order valence-electron chi connectivity index (χ2n) is 5.82. The number of methoxy groups -OCH3 is 2. The minimum Gasteiger partial charge on any atom is -0.494 e. The van der Waals surface area contributed by atoms with Crippen LogP contribution in [0.25, 0.3) is 0 Å². The smallest absolute Gasteiger partial charge is 0.306 e. The molecule has 0 bridgehead atoms. The van der Waals surface area contributed by atoms with Crippen molar-refractivity contribution < 1.29 is 28.5 Å². The van der Waals surface area contributed by atoms with Gasteiger partial charge in [-0.15, -0.1) is 0 Å². The quantitative estimate of drug-likeness (QED) is 0.631. The molecule has 0 saturated heterocycles. The number of rotatable bonds is 10. The Hall–Kier alpha value is -3.22. The van der Waals surface area contributed by atoms with Gasteiger partial charge in [0.05, 0.1) is 20.8 Å². The standard InChI is InChI=1S/C21H25NO6/c1-4-27-17-8-6-5-7-15(17)9-12-21(24)28-14-20(23)22-16-10-11-18(25-2)19(13-16)26-3/h5-8,10-11,13H,4,9,12,14H2,1-3H3,(H,22,23). The first-order valence-corrected chi connectivity index (χ1v) is 8.95. The van der Waals surface area contributed by atoms with Gasteiger partial charge in [-0.2, -0.15) is 0 Å². The van der Waals surface area contributed by atoms with Gasteiger partial charge in [-0.25, -0.2) is 0 Å². The number of ether oxygens (including phenoxy) is 4. The molecule has 0 spiro atoms. The topological polar surface area (TPSA) is 83.1 Å². The van der Waals surface area contributed by atoms with Gasteiger partial charge in [0, 0.05) is 18.2 Å². The monoisotopic (exact) mass is 387 g/mol. The Morgan fingerprint density at radius 2 is 1.71 bits per heavy atom. The Morgan fingerprint density at radius 1 is 0.964 bits per heavy atom. The third kappa shape index (κ3) is 6.19. The predicted octanol–water partition coefficient (Wildman–Crippen LogP) is 3.22. The van der Waals surface area contributed by atoms with Crippen LogP contribution >= 0.6 is 0 Å². The van der Waals surface area contributed by atoms with Crippen LogP contribution in [0.5, 0.6) is 17.2 Å². The van der Waals surface area contributed by atoms with Crippen LogP contribution in [0.2, 0.25) is 0 Å². The minimum atomic E-state index is -0.450. The zero-order chi connectivity index (χ0) is 20.4. The molecular weight excluding hydrogens is 362 g/mol. The summed E-state index contributed by atoms with van der Waals surface area (Å²) in [5.74, 6) is 0.914. The van der Waals surface area contributed by atoms with Crippen LogP contribution in [0, 0.1) is 0 Å². The Kier molecular flexibility index (Phi) is 8.14. The van der Waals surface area contributed by atoms with Crippen LogP contribution in [0.3, 0.4) is 0 Å². The van der Waals surface area contributed by atoms with E-state index in [9.17, 15) is 9.59 Å². The summed E-state index contributed by atoms with van der Waals surface area (Å²) in [7, 11) is 3.04. The molecule has 1 N–H and O–H groups in total. The lowest BCUT2D eigenvalue weighted by Gasteiger charge is -2.11. The summed E-state index contributed by atoms with van der Waals surface area (Å²) in [6, 6.07) is 12.5.